The molecule has 0 atom stereocenters. The van der Waals surface area contributed by atoms with Gasteiger partial charge in [0.2, 0.25) is 0 Å². The van der Waals surface area contributed by atoms with Crippen LogP contribution in [0.3, 0.4) is 0 Å². The van der Waals surface area contributed by atoms with E-state index in [1.807, 2.05) is 6.92 Å². The Hall–Kier alpha value is -3.02. The number of amides is 1. The highest BCUT2D eigenvalue weighted by Crippen LogP contribution is 2.21. The van der Waals surface area contributed by atoms with Crippen molar-refractivity contribution in [2.24, 2.45) is 0 Å². The summed E-state index contributed by atoms with van der Waals surface area (Å²) >= 11 is 0. The number of benzene rings is 2. The van der Waals surface area contributed by atoms with E-state index >= 15 is 0 Å². The van der Waals surface area contributed by atoms with E-state index in [1.165, 1.54) is 36.4 Å². The molecule has 0 spiro atoms. The predicted octanol–water partition coefficient (Wildman–Crippen LogP) is 4.08. The molecule has 0 fully saturated rings. The third-order valence-corrected chi connectivity index (χ3v) is 3.97. The molecule has 3 aromatic rings. The molecule has 2 aromatic carbocycles. The van der Waals surface area contributed by atoms with Gasteiger partial charge in [0.05, 0.1) is 23.6 Å². The van der Waals surface area contributed by atoms with Crippen LogP contribution in [0.2, 0.25) is 0 Å². The Balaban J connectivity index is 1.80. The van der Waals surface area contributed by atoms with Gasteiger partial charge in [-0.3, -0.25) is 9.48 Å². The van der Waals surface area contributed by atoms with Crippen LogP contribution in [0.25, 0.3) is 0 Å². The lowest BCUT2D eigenvalue weighted by Crippen LogP contribution is -2.13. The topological polar surface area (TPSA) is 46.9 Å². The summed E-state index contributed by atoms with van der Waals surface area (Å²) in [5.41, 5.74) is 3.36. The molecule has 0 bridgehead atoms. The second-order valence-corrected chi connectivity index (χ2v) is 5.79. The highest BCUT2D eigenvalue weighted by atomic mass is 19.1. The summed E-state index contributed by atoms with van der Waals surface area (Å²) in [7, 11) is 0. The Labute approximate surface area is 144 Å². The molecule has 1 aromatic heterocycles. The Kier molecular flexibility index (Phi) is 4.61. The lowest BCUT2D eigenvalue weighted by atomic mass is 10.2. The van der Waals surface area contributed by atoms with Crippen LogP contribution >= 0.6 is 0 Å². The largest absolute Gasteiger partial charge is 0.319 e. The van der Waals surface area contributed by atoms with E-state index in [2.05, 4.69) is 10.4 Å². The first-order valence-corrected chi connectivity index (χ1v) is 7.79. The fourth-order valence-electron chi connectivity index (χ4n) is 2.58. The summed E-state index contributed by atoms with van der Waals surface area (Å²) in [5.74, 6) is -1.01. The van der Waals surface area contributed by atoms with E-state index in [-0.39, 0.29) is 11.7 Å². The zero-order valence-electron chi connectivity index (χ0n) is 13.9. The molecule has 25 heavy (non-hydrogen) atoms. The Morgan fingerprint density at radius 3 is 2.16 bits per heavy atom. The highest BCUT2D eigenvalue weighted by Gasteiger charge is 2.15. The van der Waals surface area contributed by atoms with E-state index in [4.69, 9.17) is 0 Å². The Morgan fingerprint density at radius 1 is 1.00 bits per heavy atom. The summed E-state index contributed by atoms with van der Waals surface area (Å²) < 4.78 is 27.7. The Bertz CT molecular complexity index is 900. The molecule has 0 aliphatic carbocycles. The lowest BCUT2D eigenvalue weighted by molar-refractivity contribution is 0.102. The maximum Gasteiger partial charge on any atom is 0.255 e. The number of aromatic nitrogens is 2. The standard InChI is InChI=1S/C19H17F2N3O/c1-12-18(22-19(25)15-5-9-17(21)10-6-15)13(2)24(23-12)11-14-3-7-16(20)8-4-14/h3-10H,11H2,1-2H3,(H,22,25). The molecule has 6 heteroatoms. The van der Waals surface area contributed by atoms with Crippen molar-refractivity contribution in [1.29, 1.82) is 0 Å². The van der Waals surface area contributed by atoms with Crippen molar-refractivity contribution in [2.75, 3.05) is 5.32 Å². The van der Waals surface area contributed by atoms with Gasteiger partial charge in [-0.05, 0) is 55.8 Å². The van der Waals surface area contributed by atoms with Crippen molar-refractivity contribution >= 4 is 11.6 Å². The molecule has 0 aliphatic rings. The predicted molar refractivity (Wildman–Crippen MR) is 91.6 cm³/mol. The maximum absolute atomic E-state index is 13.0. The van der Waals surface area contributed by atoms with Crippen molar-refractivity contribution in [3.8, 4) is 0 Å². The number of nitrogens with one attached hydrogen (secondary N) is 1. The molecule has 0 saturated carbocycles. The van der Waals surface area contributed by atoms with Crippen LogP contribution in [0, 0.1) is 25.5 Å². The molecule has 3 rings (SSSR count). The summed E-state index contributed by atoms with van der Waals surface area (Å²) in [4.78, 5) is 12.3. The van der Waals surface area contributed by atoms with Crippen molar-refractivity contribution in [1.82, 2.24) is 9.78 Å². The molecule has 1 heterocycles. The number of aryl methyl sites for hydroxylation is 1. The zero-order valence-corrected chi connectivity index (χ0v) is 13.9. The summed E-state index contributed by atoms with van der Waals surface area (Å²) in [5, 5.41) is 7.26. The highest BCUT2D eigenvalue weighted by molar-refractivity contribution is 6.04. The fraction of sp³-hybridized carbons (Fsp3) is 0.158. The molecular formula is C19H17F2N3O. The first-order chi connectivity index (χ1) is 11.9. The lowest BCUT2D eigenvalue weighted by Gasteiger charge is -2.07. The molecule has 0 unspecified atom stereocenters. The smallest absolute Gasteiger partial charge is 0.255 e. The number of carbonyl (C=O) groups is 1. The number of anilines is 1. The van der Waals surface area contributed by atoms with Gasteiger partial charge in [-0.2, -0.15) is 5.10 Å². The minimum absolute atomic E-state index is 0.288. The molecule has 1 amide bonds. The van der Waals surface area contributed by atoms with E-state index in [1.54, 1.807) is 23.7 Å². The van der Waals surface area contributed by atoms with E-state index in [9.17, 15) is 13.6 Å². The number of hydrogen-bond acceptors (Lipinski definition) is 2. The van der Waals surface area contributed by atoms with Crippen molar-refractivity contribution in [2.45, 2.75) is 20.4 Å². The van der Waals surface area contributed by atoms with Gasteiger partial charge in [-0.25, -0.2) is 8.78 Å². The normalized spacial score (nSPS) is 10.7. The van der Waals surface area contributed by atoms with Crippen LogP contribution in [0.1, 0.15) is 27.3 Å². The number of hydrogen-bond donors (Lipinski definition) is 1. The second-order valence-electron chi connectivity index (χ2n) is 5.79. The van der Waals surface area contributed by atoms with Crippen molar-refractivity contribution in [3.05, 3.63) is 82.7 Å². The minimum Gasteiger partial charge on any atom is -0.319 e. The summed E-state index contributed by atoms with van der Waals surface area (Å²) in [6.45, 7) is 4.12. The van der Waals surface area contributed by atoms with Gasteiger partial charge in [0.1, 0.15) is 11.6 Å². The number of nitrogens with zero attached hydrogens (tertiary/aromatic N) is 2. The third-order valence-electron chi connectivity index (χ3n) is 3.97. The summed E-state index contributed by atoms with van der Waals surface area (Å²) in [6.07, 6.45) is 0. The number of carbonyl (C=O) groups excluding carboxylic acids is 1. The summed E-state index contributed by atoms with van der Waals surface area (Å²) in [6, 6.07) is 11.5. The number of rotatable bonds is 4. The molecule has 0 radical (unpaired) electrons. The van der Waals surface area contributed by atoms with Gasteiger partial charge >= 0.3 is 0 Å². The van der Waals surface area contributed by atoms with Crippen molar-refractivity contribution < 1.29 is 13.6 Å². The van der Waals surface area contributed by atoms with Crippen LogP contribution in [0.15, 0.2) is 48.5 Å². The quantitative estimate of drug-likeness (QED) is 0.777. The van der Waals surface area contributed by atoms with E-state index in [0.29, 0.717) is 23.5 Å². The average Bonchev–Trinajstić information content (AvgIpc) is 2.85. The molecule has 4 nitrogen and oxygen atoms in total. The van der Waals surface area contributed by atoms with Gasteiger partial charge in [0.25, 0.3) is 5.91 Å². The molecular weight excluding hydrogens is 324 g/mol. The molecule has 0 saturated heterocycles. The van der Waals surface area contributed by atoms with Gasteiger partial charge in [0.15, 0.2) is 0 Å². The number of halogens is 2. The van der Waals surface area contributed by atoms with Crippen molar-refractivity contribution in [3.63, 3.8) is 0 Å². The van der Waals surface area contributed by atoms with E-state index in [0.717, 1.165) is 11.3 Å². The van der Waals surface area contributed by atoms with Crippen LogP contribution in [-0.2, 0) is 6.54 Å². The van der Waals surface area contributed by atoms with Gasteiger partial charge in [-0.15, -0.1) is 0 Å². The third kappa shape index (κ3) is 3.74. The minimum atomic E-state index is -0.393. The van der Waals surface area contributed by atoms with Gasteiger partial charge in [0, 0.05) is 5.56 Å². The molecule has 1 N–H and O–H groups in total. The fourth-order valence-corrected chi connectivity index (χ4v) is 2.58. The van der Waals surface area contributed by atoms with Crippen LogP contribution < -0.4 is 5.32 Å². The average molecular weight is 341 g/mol. The van der Waals surface area contributed by atoms with Crippen LogP contribution in [-0.4, -0.2) is 15.7 Å². The molecule has 128 valence electrons. The van der Waals surface area contributed by atoms with Crippen LogP contribution in [0.4, 0.5) is 14.5 Å². The monoisotopic (exact) mass is 341 g/mol. The zero-order chi connectivity index (χ0) is 18.0. The van der Waals surface area contributed by atoms with Gasteiger partial charge < -0.3 is 5.32 Å². The van der Waals surface area contributed by atoms with Gasteiger partial charge in [-0.1, -0.05) is 12.1 Å². The first kappa shape index (κ1) is 16.8. The Morgan fingerprint density at radius 2 is 1.56 bits per heavy atom. The van der Waals surface area contributed by atoms with Crippen LogP contribution in [0.5, 0.6) is 0 Å². The molecule has 0 aliphatic heterocycles. The second kappa shape index (κ2) is 6.84. The first-order valence-electron chi connectivity index (χ1n) is 7.79. The van der Waals surface area contributed by atoms with E-state index < -0.39 is 5.82 Å². The maximum atomic E-state index is 13.0. The SMILES string of the molecule is Cc1nn(Cc2ccc(F)cc2)c(C)c1NC(=O)c1ccc(F)cc1.